The molecule has 0 bridgehead atoms. The molecule has 78 valence electrons. The van der Waals surface area contributed by atoms with Gasteiger partial charge in [0.05, 0.1) is 11.0 Å². The summed E-state index contributed by atoms with van der Waals surface area (Å²) in [7, 11) is 1.86. The van der Waals surface area contributed by atoms with Gasteiger partial charge in [0, 0.05) is 13.2 Å². The van der Waals surface area contributed by atoms with Crippen molar-refractivity contribution < 1.29 is 0 Å². The standard InChI is InChI=1S/C9H10BrN5/c1-15-8(13-6-14-15)5-12-9-7(10)3-2-4-11-9/h2-4,6H,5H2,1H3,(H,11,12). The molecule has 2 heterocycles. The quantitative estimate of drug-likeness (QED) is 0.918. The number of aryl methyl sites for hydroxylation is 1. The van der Waals surface area contributed by atoms with Crippen LogP contribution >= 0.6 is 15.9 Å². The summed E-state index contributed by atoms with van der Waals surface area (Å²) < 4.78 is 2.66. The number of hydrogen-bond donors (Lipinski definition) is 1. The first-order valence-corrected chi connectivity index (χ1v) is 5.24. The summed E-state index contributed by atoms with van der Waals surface area (Å²) in [5, 5.41) is 7.16. The predicted octanol–water partition coefficient (Wildman–Crippen LogP) is 1.58. The van der Waals surface area contributed by atoms with Crippen molar-refractivity contribution in [3.63, 3.8) is 0 Å². The van der Waals surface area contributed by atoms with Crippen molar-refractivity contribution in [3.8, 4) is 0 Å². The van der Waals surface area contributed by atoms with Gasteiger partial charge in [0.25, 0.3) is 0 Å². The Hall–Kier alpha value is -1.43. The van der Waals surface area contributed by atoms with Crippen molar-refractivity contribution in [2.45, 2.75) is 6.54 Å². The number of pyridine rings is 1. The van der Waals surface area contributed by atoms with Crippen LogP contribution in [0.15, 0.2) is 29.1 Å². The molecule has 0 aliphatic heterocycles. The third-order valence-electron chi connectivity index (χ3n) is 1.98. The third-order valence-corrected chi connectivity index (χ3v) is 2.62. The number of nitrogens with zero attached hydrogens (tertiary/aromatic N) is 4. The van der Waals surface area contributed by atoms with Crippen molar-refractivity contribution in [2.75, 3.05) is 5.32 Å². The van der Waals surface area contributed by atoms with Gasteiger partial charge in [-0.05, 0) is 28.1 Å². The first-order chi connectivity index (χ1) is 7.27. The summed E-state index contributed by atoms with van der Waals surface area (Å²) in [6.07, 6.45) is 3.27. The summed E-state index contributed by atoms with van der Waals surface area (Å²) >= 11 is 3.41. The maximum atomic E-state index is 4.19. The van der Waals surface area contributed by atoms with Crippen LogP contribution in [0.25, 0.3) is 0 Å². The lowest BCUT2D eigenvalue weighted by Gasteiger charge is -2.05. The number of hydrogen-bond acceptors (Lipinski definition) is 4. The Morgan fingerprint density at radius 2 is 2.33 bits per heavy atom. The van der Waals surface area contributed by atoms with E-state index in [1.165, 1.54) is 6.33 Å². The molecule has 0 fully saturated rings. The fraction of sp³-hybridized carbons (Fsp3) is 0.222. The van der Waals surface area contributed by atoms with Gasteiger partial charge in [-0.25, -0.2) is 9.97 Å². The molecule has 0 amide bonds. The van der Waals surface area contributed by atoms with Crippen LogP contribution < -0.4 is 5.32 Å². The first kappa shape index (κ1) is 10.1. The van der Waals surface area contributed by atoms with E-state index in [0.717, 1.165) is 16.1 Å². The van der Waals surface area contributed by atoms with Crippen molar-refractivity contribution >= 4 is 21.7 Å². The number of nitrogens with one attached hydrogen (secondary N) is 1. The Bertz CT molecular complexity index is 453. The third kappa shape index (κ3) is 2.33. The van der Waals surface area contributed by atoms with Crippen LogP contribution in [-0.4, -0.2) is 19.7 Å². The van der Waals surface area contributed by atoms with E-state index in [-0.39, 0.29) is 0 Å². The lowest BCUT2D eigenvalue weighted by molar-refractivity contribution is 0.711. The van der Waals surface area contributed by atoms with Gasteiger partial charge in [0.15, 0.2) is 0 Å². The summed E-state index contributed by atoms with van der Waals surface area (Å²) in [4.78, 5) is 8.30. The SMILES string of the molecule is Cn1ncnc1CNc1ncccc1Br. The molecule has 1 N–H and O–H groups in total. The van der Waals surface area contributed by atoms with Crippen LogP contribution in [0.4, 0.5) is 5.82 Å². The largest absolute Gasteiger partial charge is 0.362 e. The molecule has 0 spiro atoms. The molecule has 2 rings (SSSR count). The summed E-state index contributed by atoms with van der Waals surface area (Å²) in [6, 6.07) is 3.81. The minimum atomic E-state index is 0.603. The smallest absolute Gasteiger partial charge is 0.145 e. The van der Waals surface area contributed by atoms with E-state index in [4.69, 9.17) is 0 Å². The zero-order chi connectivity index (χ0) is 10.7. The van der Waals surface area contributed by atoms with Gasteiger partial charge in [-0.2, -0.15) is 5.10 Å². The lowest BCUT2D eigenvalue weighted by atomic mass is 10.4. The average Bonchev–Trinajstić information content (AvgIpc) is 2.63. The van der Waals surface area contributed by atoms with Gasteiger partial charge in [-0.1, -0.05) is 0 Å². The molecule has 0 aliphatic carbocycles. The van der Waals surface area contributed by atoms with Gasteiger partial charge < -0.3 is 5.32 Å². The average molecular weight is 268 g/mol. The highest BCUT2D eigenvalue weighted by atomic mass is 79.9. The molecule has 0 saturated heterocycles. The molecule has 0 saturated carbocycles. The maximum Gasteiger partial charge on any atom is 0.145 e. The number of anilines is 1. The number of aromatic nitrogens is 4. The second-order valence-corrected chi connectivity index (χ2v) is 3.84. The topological polar surface area (TPSA) is 55.6 Å². The predicted molar refractivity (Wildman–Crippen MR) is 60.3 cm³/mol. The van der Waals surface area contributed by atoms with E-state index < -0.39 is 0 Å². The Morgan fingerprint density at radius 3 is 3.00 bits per heavy atom. The van der Waals surface area contributed by atoms with E-state index >= 15 is 0 Å². The molecule has 6 heteroatoms. The van der Waals surface area contributed by atoms with Crippen LogP contribution in [0.5, 0.6) is 0 Å². The van der Waals surface area contributed by atoms with Gasteiger partial charge in [-0.15, -0.1) is 0 Å². The number of rotatable bonds is 3. The Balaban J connectivity index is 2.06. The Morgan fingerprint density at radius 1 is 1.47 bits per heavy atom. The molecule has 0 aromatic carbocycles. The summed E-state index contributed by atoms with van der Waals surface area (Å²) in [5.74, 6) is 1.67. The van der Waals surface area contributed by atoms with Crippen LogP contribution in [-0.2, 0) is 13.6 Å². The molecule has 0 aliphatic rings. The highest BCUT2D eigenvalue weighted by molar-refractivity contribution is 9.10. The monoisotopic (exact) mass is 267 g/mol. The van der Waals surface area contributed by atoms with Crippen LogP contribution in [0.1, 0.15) is 5.82 Å². The Labute approximate surface area is 95.7 Å². The summed E-state index contributed by atoms with van der Waals surface area (Å²) in [5.41, 5.74) is 0. The fourth-order valence-corrected chi connectivity index (χ4v) is 1.55. The van der Waals surface area contributed by atoms with Crippen LogP contribution in [0.2, 0.25) is 0 Å². The van der Waals surface area contributed by atoms with Gasteiger partial charge in [0.1, 0.15) is 18.0 Å². The van der Waals surface area contributed by atoms with E-state index in [1.807, 2.05) is 19.2 Å². The van der Waals surface area contributed by atoms with E-state index in [2.05, 4.69) is 36.3 Å². The molecular formula is C9H10BrN5. The molecule has 0 radical (unpaired) electrons. The fourth-order valence-electron chi connectivity index (χ4n) is 1.16. The second-order valence-electron chi connectivity index (χ2n) is 2.99. The lowest BCUT2D eigenvalue weighted by Crippen LogP contribution is -2.07. The van der Waals surface area contributed by atoms with E-state index in [9.17, 15) is 0 Å². The van der Waals surface area contributed by atoms with E-state index in [1.54, 1.807) is 10.9 Å². The molecule has 5 nitrogen and oxygen atoms in total. The highest BCUT2D eigenvalue weighted by Gasteiger charge is 2.02. The van der Waals surface area contributed by atoms with Gasteiger partial charge in [0.2, 0.25) is 0 Å². The first-order valence-electron chi connectivity index (χ1n) is 4.44. The maximum absolute atomic E-state index is 4.19. The van der Waals surface area contributed by atoms with E-state index in [0.29, 0.717) is 6.54 Å². The van der Waals surface area contributed by atoms with Crippen LogP contribution in [0, 0.1) is 0 Å². The molecule has 0 unspecified atom stereocenters. The minimum absolute atomic E-state index is 0.603. The minimum Gasteiger partial charge on any atom is -0.362 e. The van der Waals surface area contributed by atoms with Crippen LogP contribution in [0.3, 0.4) is 0 Å². The van der Waals surface area contributed by atoms with Crippen molar-refractivity contribution in [3.05, 3.63) is 35.0 Å². The molecule has 2 aromatic heterocycles. The zero-order valence-electron chi connectivity index (χ0n) is 8.18. The number of halogens is 1. The van der Waals surface area contributed by atoms with Gasteiger partial charge >= 0.3 is 0 Å². The molecule has 2 aromatic rings. The zero-order valence-corrected chi connectivity index (χ0v) is 9.77. The molecule has 15 heavy (non-hydrogen) atoms. The second kappa shape index (κ2) is 4.39. The Kier molecular flexibility index (Phi) is 2.96. The normalized spacial score (nSPS) is 10.3. The van der Waals surface area contributed by atoms with Gasteiger partial charge in [-0.3, -0.25) is 4.68 Å². The van der Waals surface area contributed by atoms with Crippen molar-refractivity contribution in [2.24, 2.45) is 7.05 Å². The van der Waals surface area contributed by atoms with Crippen molar-refractivity contribution in [1.82, 2.24) is 19.7 Å². The summed E-state index contributed by atoms with van der Waals surface area (Å²) in [6.45, 7) is 0.603. The molecular weight excluding hydrogens is 258 g/mol. The highest BCUT2D eigenvalue weighted by Crippen LogP contribution is 2.18. The van der Waals surface area contributed by atoms with Crippen molar-refractivity contribution in [1.29, 1.82) is 0 Å². The molecule has 0 atom stereocenters.